The van der Waals surface area contributed by atoms with Gasteiger partial charge < -0.3 is 5.73 Å². The van der Waals surface area contributed by atoms with Crippen LogP contribution in [0.15, 0.2) is 12.4 Å². The number of hydrogen-bond acceptors (Lipinski definition) is 4. The monoisotopic (exact) mass is 282 g/mol. The maximum atomic E-state index is 6.04. The molecule has 0 saturated carbocycles. The van der Waals surface area contributed by atoms with Crippen molar-refractivity contribution in [2.45, 2.75) is 51.1 Å². The van der Waals surface area contributed by atoms with Crippen LogP contribution in [-0.2, 0) is 6.54 Å². The van der Waals surface area contributed by atoms with Crippen molar-refractivity contribution in [2.24, 2.45) is 5.73 Å². The van der Waals surface area contributed by atoms with Crippen molar-refractivity contribution >= 4 is 11.8 Å². The highest BCUT2D eigenvalue weighted by atomic mass is 32.2. The van der Waals surface area contributed by atoms with E-state index >= 15 is 0 Å². The van der Waals surface area contributed by atoms with Crippen LogP contribution in [-0.4, -0.2) is 44.8 Å². The topological polar surface area (TPSA) is 47.1 Å². The molecule has 2 rings (SSSR count). The zero-order valence-corrected chi connectivity index (χ0v) is 13.1. The summed E-state index contributed by atoms with van der Waals surface area (Å²) in [4.78, 5) is 2.55. The highest BCUT2D eigenvalue weighted by molar-refractivity contribution is 8.00. The summed E-state index contributed by atoms with van der Waals surface area (Å²) in [7, 11) is 0. The van der Waals surface area contributed by atoms with Crippen molar-refractivity contribution in [1.82, 2.24) is 14.7 Å². The first kappa shape index (κ1) is 14.9. The fraction of sp³-hybridized carbons (Fsp3) is 0.786. The average molecular weight is 282 g/mol. The van der Waals surface area contributed by atoms with Crippen LogP contribution in [0.1, 0.15) is 38.8 Å². The molecule has 0 amide bonds. The van der Waals surface area contributed by atoms with E-state index in [1.165, 1.54) is 11.3 Å². The van der Waals surface area contributed by atoms with Crippen LogP contribution in [0.5, 0.6) is 0 Å². The second-order valence-electron chi connectivity index (χ2n) is 5.34. The average Bonchev–Trinajstić information content (AvgIpc) is 2.84. The molecular weight excluding hydrogens is 256 g/mol. The van der Waals surface area contributed by atoms with Crippen LogP contribution in [0.4, 0.5) is 0 Å². The van der Waals surface area contributed by atoms with Crippen LogP contribution in [0.3, 0.4) is 0 Å². The summed E-state index contributed by atoms with van der Waals surface area (Å²) < 4.78 is 2.03. The molecule has 1 aromatic heterocycles. The van der Waals surface area contributed by atoms with Crippen LogP contribution in [0.25, 0.3) is 0 Å². The number of thioether (sulfide) groups is 1. The Labute approximate surface area is 120 Å². The molecule has 0 aromatic carbocycles. The third-order valence-electron chi connectivity index (χ3n) is 4.05. The van der Waals surface area contributed by atoms with E-state index in [2.05, 4.69) is 48.7 Å². The molecule has 4 nitrogen and oxygen atoms in total. The molecule has 2 N–H and O–H groups in total. The molecule has 1 saturated heterocycles. The van der Waals surface area contributed by atoms with Crippen molar-refractivity contribution < 1.29 is 0 Å². The van der Waals surface area contributed by atoms with Gasteiger partial charge in [-0.1, -0.05) is 13.8 Å². The summed E-state index contributed by atoms with van der Waals surface area (Å²) in [6.07, 6.45) is 5.27. The normalized spacial score (nSPS) is 26.5. The summed E-state index contributed by atoms with van der Waals surface area (Å²) in [6.45, 7) is 9.58. The van der Waals surface area contributed by atoms with Gasteiger partial charge in [0.1, 0.15) is 0 Å². The Morgan fingerprint density at radius 3 is 3.00 bits per heavy atom. The van der Waals surface area contributed by atoms with Crippen LogP contribution in [0.2, 0.25) is 0 Å². The molecule has 5 heteroatoms. The predicted molar refractivity (Wildman–Crippen MR) is 82.4 cm³/mol. The van der Waals surface area contributed by atoms with Crippen LogP contribution in [0, 0.1) is 0 Å². The van der Waals surface area contributed by atoms with E-state index in [4.69, 9.17) is 5.73 Å². The van der Waals surface area contributed by atoms with Gasteiger partial charge in [0.25, 0.3) is 0 Å². The number of nitrogens with two attached hydrogens (primary N) is 1. The molecule has 0 bridgehead atoms. The molecule has 0 radical (unpaired) electrons. The lowest BCUT2D eigenvalue weighted by atomic mass is 10.1. The number of hydrogen-bond donors (Lipinski definition) is 1. The molecule has 3 atom stereocenters. The minimum atomic E-state index is 0.309. The molecule has 1 aliphatic rings. The molecule has 0 aliphatic carbocycles. The van der Waals surface area contributed by atoms with Gasteiger partial charge in [0.05, 0.1) is 12.2 Å². The molecule has 0 spiro atoms. The van der Waals surface area contributed by atoms with E-state index in [1.807, 2.05) is 10.9 Å². The standard InChI is InChI=1S/C14H26N4S/c1-4-5-17-10-13(9-16-17)14(8-15)18-6-7-19-12(3)11(18)2/h9-12,14H,4-8,15H2,1-3H3. The van der Waals surface area contributed by atoms with Gasteiger partial charge in [0.2, 0.25) is 0 Å². The Morgan fingerprint density at radius 1 is 1.53 bits per heavy atom. The van der Waals surface area contributed by atoms with E-state index in [0.29, 0.717) is 23.9 Å². The van der Waals surface area contributed by atoms with Gasteiger partial charge in [-0.05, 0) is 13.3 Å². The minimum Gasteiger partial charge on any atom is -0.329 e. The van der Waals surface area contributed by atoms with E-state index < -0.39 is 0 Å². The first-order chi connectivity index (χ1) is 9.17. The number of rotatable bonds is 5. The van der Waals surface area contributed by atoms with Gasteiger partial charge in [0, 0.05) is 48.4 Å². The lowest BCUT2D eigenvalue weighted by Gasteiger charge is -2.42. The second kappa shape index (κ2) is 6.77. The molecular formula is C14H26N4S. The Morgan fingerprint density at radius 2 is 2.32 bits per heavy atom. The van der Waals surface area contributed by atoms with Gasteiger partial charge in [-0.2, -0.15) is 16.9 Å². The summed E-state index contributed by atoms with van der Waals surface area (Å²) in [5.41, 5.74) is 7.31. The van der Waals surface area contributed by atoms with Gasteiger partial charge in [-0.3, -0.25) is 9.58 Å². The van der Waals surface area contributed by atoms with Gasteiger partial charge in [0.15, 0.2) is 0 Å². The lowest BCUT2D eigenvalue weighted by molar-refractivity contribution is 0.150. The Hall–Kier alpha value is -0.520. The fourth-order valence-electron chi connectivity index (χ4n) is 2.76. The zero-order valence-electron chi connectivity index (χ0n) is 12.2. The zero-order chi connectivity index (χ0) is 13.8. The quantitative estimate of drug-likeness (QED) is 0.898. The van der Waals surface area contributed by atoms with Crippen LogP contribution < -0.4 is 5.73 Å². The SMILES string of the molecule is CCCn1cc(C(CN)N2CCSC(C)C2C)cn1. The molecule has 3 unspecified atom stereocenters. The maximum Gasteiger partial charge on any atom is 0.0538 e. The van der Waals surface area contributed by atoms with Crippen molar-refractivity contribution in [3.63, 3.8) is 0 Å². The molecule has 19 heavy (non-hydrogen) atoms. The molecule has 1 aliphatic heterocycles. The van der Waals surface area contributed by atoms with Crippen molar-refractivity contribution in [2.75, 3.05) is 18.8 Å². The van der Waals surface area contributed by atoms with E-state index in [1.54, 1.807) is 0 Å². The highest BCUT2D eigenvalue weighted by Gasteiger charge is 2.31. The van der Waals surface area contributed by atoms with Crippen molar-refractivity contribution in [3.8, 4) is 0 Å². The molecule has 2 heterocycles. The summed E-state index contributed by atoms with van der Waals surface area (Å²) in [6, 6.07) is 0.880. The van der Waals surface area contributed by atoms with Gasteiger partial charge in [-0.25, -0.2) is 0 Å². The van der Waals surface area contributed by atoms with E-state index in [9.17, 15) is 0 Å². The van der Waals surface area contributed by atoms with Gasteiger partial charge in [-0.15, -0.1) is 0 Å². The summed E-state index contributed by atoms with van der Waals surface area (Å²) in [5, 5.41) is 5.12. The summed E-state index contributed by atoms with van der Waals surface area (Å²) >= 11 is 2.06. The van der Waals surface area contributed by atoms with Gasteiger partial charge >= 0.3 is 0 Å². The Balaban J connectivity index is 2.13. The van der Waals surface area contributed by atoms with Crippen molar-refractivity contribution in [3.05, 3.63) is 18.0 Å². The number of aromatic nitrogens is 2. The Kier molecular flexibility index (Phi) is 5.30. The highest BCUT2D eigenvalue weighted by Crippen LogP contribution is 2.31. The molecule has 108 valence electrons. The van der Waals surface area contributed by atoms with Crippen molar-refractivity contribution in [1.29, 1.82) is 0 Å². The Bertz CT molecular complexity index is 393. The number of nitrogens with zero attached hydrogens (tertiary/aromatic N) is 3. The molecule has 1 aromatic rings. The van der Waals surface area contributed by atoms with Crippen LogP contribution >= 0.6 is 11.8 Å². The predicted octanol–water partition coefficient (Wildman–Crippen LogP) is 2.12. The first-order valence-electron chi connectivity index (χ1n) is 7.27. The maximum absolute atomic E-state index is 6.04. The fourth-order valence-corrected chi connectivity index (χ4v) is 3.89. The first-order valence-corrected chi connectivity index (χ1v) is 8.32. The lowest BCUT2D eigenvalue weighted by Crippen LogP contribution is -2.48. The summed E-state index contributed by atoms with van der Waals surface area (Å²) in [5.74, 6) is 1.20. The number of aryl methyl sites for hydroxylation is 1. The second-order valence-corrected chi connectivity index (χ2v) is 6.83. The third kappa shape index (κ3) is 3.33. The minimum absolute atomic E-state index is 0.309. The molecule has 1 fully saturated rings. The largest absolute Gasteiger partial charge is 0.329 e. The van der Waals surface area contributed by atoms with E-state index in [-0.39, 0.29) is 0 Å². The smallest absolute Gasteiger partial charge is 0.0538 e. The third-order valence-corrected chi connectivity index (χ3v) is 5.38. The van der Waals surface area contributed by atoms with E-state index in [0.717, 1.165) is 19.5 Å².